The molecule has 0 aliphatic carbocycles. The highest BCUT2D eigenvalue weighted by molar-refractivity contribution is 5.84. The third-order valence-electron chi connectivity index (χ3n) is 4.06. The van der Waals surface area contributed by atoms with Gasteiger partial charge in [0.1, 0.15) is 0 Å². The van der Waals surface area contributed by atoms with Gasteiger partial charge in [0.05, 0.1) is 24.5 Å². The molecule has 3 N–H and O–H groups in total. The minimum atomic E-state index is -0.829. The molecule has 0 aromatic rings. The van der Waals surface area contributed by atoms with Crippen LogP contribution >= 0.6 is 0 Å². The number of amides is 1. The van der Waals surface area contributed by atoms with Crippen LogP contribution in [0.15, 0.2) is 0 Å². The topological polar surface area (TPSA) is 92.9 Å². The molecule has 1 amide bonds. The average molecular weight is 256 g/mol. The Balaban J connectivity index is 2.07. The first-order valence-electron chi connectivity index (χ1n) is 6.30. The fourth-order valence-corrected chi connectivity index (χ4v) is 2.63. The summed E-state index contributed by atoms with van der Waals surface area (Å²) in [6.07, 6.45) is 1.37. The quantitative estimate of drug-likeness (QED) is 0.706. The van der Waals surface area contributed by atoms with E-state index in [1.54, 1.807) is 11.8 Å². The standard InChI is InChI=1S/C12H20N2O4/c1-12(7-18-6-9(12)13)11(17)14-4-2-3-8(5-14)10(15)16/h8-9H,2-7,13H2,1H3,(H,15,16). The number of nitrogens with two attached hydrogens (primary N) is 1. The molecular weight excluding hydrogens is 236 g/mol. The number of nitrogens with zero attached hydrogens (tertiary/aromatic N) is 1. The lowest BCUT2D eigenvalue weighted by molar-refractivity contribution is -0.149. The van der Waals surface area contributed by atoms with Crippen LogP contribution in [0.1, 0.15) is 19.8 Å². The summed E-state index contributed by atoms with van der Waals surface area (Å²) in [4.78, 5) is 25.1. The number of carboxylic acid groups (broad SMARTS) is 1. The van der Waals surface area contributed by atoms with Gasteiger partial charge in [0.15, 0.2) is 0 Å². The summed E-state index contributed by atoms with van der Waals surface area (Å²) in [6.45, 7) is 3.42. The number of carboxylic acids is 1. The zero-order chi connectivity index (χ0) is 13.3. The third-order valence-corrected chi connectivity index (χ3v) is 4.06. The van der Waals surface area contributed by atoms with Crippen molar-refractivity contribution in [3.63, 3.8) is 0 Å². The molecule has 2 saturated heterocycles. The molecule has 2 aliphatic rings. The number of aliphatic carboxylic acids is 1. The highest BCUT2D eigenvalue weighted by Gasteiger charge is 2.47. The summed E-state index contributed by atoms with van der Waals surface area (Å²) < 4.78 is 5.27. The molecule has 6 heteroatoms. The van der Waals surface area contributed by atoms with E-state index >= 15 is 0 Å². The van der Waals surface area contributed by atoms with Gasteiger partial charge in [-0.15, -0.1) is 0 Å². The summed E-state index contributed by atoms with van der Waals surface area (Å²) in [6, 6.07) is -0.310. The van der Waals surface area contributed by atoms with Crippen molar-refractivity contribution in [3.05, 3.63) is 0 Å². The summed E-state index contributed by atoms with van der Waals surface area (Å²) >= 11 is 0. The lowest BCUT2D eigenvalue weighted by atomic mass is 9.83. The Labute approximate surface area is 106 Å². The predicted octanol–water partition coefficient (Wildman–Crippen LogP) is -0.327. The van der Waals surface area contributed by atoms with Gasteiger partial charge >= 0.3 is 5.97 Å². The van der Waals surface area contributed by atoms with Crippen molar-refractivity contribution in [1.82, 2.24) is 4.90 Å². The lowest BCUT2D eigenvalue weighted by Crippen LogP contribution is -2.54. The van der Waals surface area contributed by atoms with Crippen LogP contribution < -0.4 is 5.73 Å². The van der Waals surface area contributed by atoms with E-state index in [4.69, 9.17) is 15.6 Å². The van der Waals surface area contributed by atoms with E-state index in [0.29, 0.717) is 26.2 Å². The number of likely N-dealkylation sites (tertiary alicyclic amines) is 1. The summed E-state index contributed by atoms with van der Waals surface area (Å²) in [5.74, 6) is -1.35. The second-order valence-corrected chi connectivity index (χ2v) is 5.47. The first kappa shape index (κ1) is 13.3. The van der Waals surface area contributed by atoms with Gasteiger partial charge in [-0.2, -0.15) is 0 Å². The Hall–Kier alpha value is -1.14. The predicted molar refractivity (Wildman–Crippen MR) is 63.8 cm³/mol. The molecular formula is C12H20N2O4. The van der Waals surface area contributed by atoms with Crippen molar-refractivity contribution in [2.45, 2.75) is 25.8 Å². The molecule has 2 aliphatic heterocycles. The normalized spacial score (nSPS) is 36.7. The maximum absolute atomic E-state index is 12.5. The maximum Gasteiger partial charge on any atom is 0.308 e. The van der Waals surface area contributed by atoms with Crippen molar-refractivity contribution in [3.8, 4) is 0 Å². The van der Waals surface area contributed by atoms with Crippen LogP contribution in [-0.2, 0) is 14.3 Å². The molecule has 0 aromatic carbocycles. The largest absolute Gasteiger partial charge is 0.481 e. The van der Waals surface area contributed by atoms with Crippen LogP contribution in [0.2, 0.25) is 0 Å². The van der Waals surface area contributed by atoms with Crippen molar-refractivity contribution in [2.24, 2.45) is 17.1 Å². The van der Waals surface area contributed by atoms with Gasteiger partial charge in [-0.3, -0.25) is 9.59 Å². The number of hydrogen-bond acceptors (Lipinski definition) is 4. The van der Waals surface area contributed by atoms with Crippen molar-refractivity contribution < 1.29 is 19.4 Å². The molecule has 102 valence electrons. The van der Waals surface area contributed by atoms with E-state index in [2.05, 4.69) is 0 Å². The van der Waals surface area contributed by atoms with Crippen molar-refractivity contribution in [1.29, 1.82) is 0 Å². The van der Waals surface area contributed by atoms with E-state index in [9.17, 15) is 9.59 Å². The van der Waals surface area contributed by atoms with Crippen LogP contribution in [0, 0.1) is 11.3 Å². The number of carbonyl (C=O) groups is 2. The summed E-state index contributed by atoms with van der Waals surface area (Å²) in [5, 5.41) is 9.03. The molecule has 2 fully saturated rings. The smallest absolute Gasteiger partial charge is 0.308 e. The highest BCUT2D eigenvalue weighted by Crippen LogP contribution is 2.31. The molecule has 0 aromatic heterocycles. The Kier molecular flexibility index (Phi) is 3.59. The Morgan fingerprint density at radius 2 is 2.22 bits per heavy atom. The van der Waals surface area contributed by atoms with E-state index in [0.717, 1.165) is 6.42 Å². The molecule has 2 heterocycles. The van der Waals surface area contributed by atoms with Crippen molar-refractivity contribution >= 4 is 11.9 Å². The van der Waals surface area contributed by atoms with Gasteiger partial charge < -0.3 is 20.5 Å². The number of rotatable bonds is 2. The number of hydrogen-bond donors (Lipinski definition) is 2. The van der Waals surface area contributed by atoms with Crippen LogP contribution in [0.25, 0.3) is 0 Å². The Morgan fingerprint density at radius 3 is 2.78 bits per heavy atom. The SMILES string of the molecule is CC1(C(=O)N2CCCC(C(=O)O)C2)COCC1N. The van der Waals surface area contributed by atoms with Crippen molar-refractivity contribution in [2.75, 3.05) is 26.3 Å². The maximum atomic E-state index is 12.5. The lowest BCUT2D eigenvalue weighted by Gasteiger charge is -2.37. The molecule has 18 heavy (non-hydrogen) atoms. The monoisotopic (exact) mass is 256 g/mol. The number of piperidine rings is 1. The molecule has 6 nitrogen and oxygen atoms in total. The van der Waals surface area contributed by atoms with Gasteiger partial charge in [-0.05, 0) is 19.8 Å². The zero-order valence-electron chi connectivity index (χ0n) is 10.6. The molecule has 0 spiro atoms. The fourth-order valence-electron chi connectivity index (χ4n) is 2.63. The third kappa shape index (κ3) is 2.22. The Morgan fingerprint density at radius 1 is 1.50 bits per heavy atom. The number of ether oxygens (including phenoxy) is 1. The van der Waals surface area contributed by atoms with E-state index in [-0.39, 0.29) is 18.5 Å². The average Bonchev–Trinajstić information content (AvgIpc) is 2.70. The minimum absolute atomic E-state index is 0.0709. The van der Waals surface area contributed by atoms with Crippen LogP contribution in [-0.4, -0.2) is 54.2 Å². The fraction of sp³-hybridized carbons (Fsp3) is 0.833. The highest BCUT2D eigenvalue weighted by atomic mass is 16.5. The van der Waals surface area contributed by atoms with Crippen LogP contribution in [0.5, 0.6) is 0 Å². The minimum Gasteiger partial charge on any atom is -0.481 e. The zero-order valence-corrected chi connectivity index (χ0v) is 10.6. The molecule has 3 unspecified atom stereocenters. The van der Waals surface area contributed by atoms with Gasteiger partial charge in [0, 0.05) is 19.1 Å². The van der Waals surface area contributed by atoms with Gasteiger partial charge in [-0.25, -0.2) is 0 Å². The van der Waals surface area contributed by atoms with Gasteiger partial charge in [0.25, 0.3) is 0 Å². The molecule has 0 radical (unpaired) electrons. The molecule has 2 rings (SSSR count). The number of carbonyl (C=O) groups excluding carboxylic acids is 1. The van der Waals surface area contributed by atoms with Gasteiger partial charge in [0.2, 0.25) is 5.91 Å². The summed E-state index contributed by atoms with van der Waals surface area (Å²) in [5.41, 5.74) is 5.22. The Bertz CT molecular complexity index is 360. The van der Waals surface area contributed by atoms with E-state index < -0.39 is 17.3 Å². The second kappa shape index (κ2) is 4.85. The first-order valence-corrected chi connectivity index (χ1v) is 6.30. The molecule has 3 atom stereocenters. The van der Waals surface area contributed by atoms with Gasteiger partial charge in [-0.1, -0.05) is 0 Å². The first-order chi connectivity index (χ1) is 8.45. The van der Waals surface area contributed by atoms with Crippen LogP contribution in [0.3, 0.4) is 0 Å². The van der Waals surface area contributed by atoms with E-state index in [1.807, 2.05) is 0 Å². The second-order valence-electron chi connectivity index (χ2n) is 5.47. The molecule has 0 bridgehead atoms. The van der Waals surface area contributed by atoms with Crippen LogP contribution in [0.4, 0.5) is 0 Å². The van der Waals surface area contributed by atoms with E-state index in [1.165, 1.54) is 0 Å². The molecule has 0 saturated carbocycles. The summed E-state index contributed by atoms with van der Waals surface area (Å²) in [7, 11) is 0.